The van der Waals surface area contributed by atoms with Crippen molar-refractivity contribution in [3.63, 3.8) is 0 Å². The van der Waals surface area contributed by atoms with Crippen molar-refractivity contribution in [2.75, 3.05) is 0 Å². The lowest BCUT2D eigenvalue weighted by molar-refractivity contribution is -0.138. The molecule has 0 fully saturated rings. The van der Waals surface area contributed by atoms with Crippen LogP contribution in [0.5, 0.6) is 11.5 Å². The standard InChI is InChI=1S/C15H14FNO3/c16-12-8-10(9-13(17)15(18)19)6-7-14(12)20-11-4-2-1-3-5-11/h1-8,13H,9,17H2,(H,18,19). The summed E-state index contributed by atoms with van der Waals surface area (Å²) in [6.45, 7) is 0. The van der Waals surface area contributed by atoms with Crippen molar-refractivity contribution < 1.29 is 19.0 Å². The van der Waals surface area contributed by atoms with Crippen molar-refractivity contribution >= 4 is 5.97 Å². The molecular weight excluding hydrogens is 261 g/mol. The van der Waals surface area contributed by atoms with E-state index in [9.17, 15) is 9.18 Å². The highest BCUT2D eigenvalue weighted by Crippen LogP contribution is 2.25. The largest absolute Gasteiger partial charge is 0.480 e. The number of hydrogen-bond acceptors (Lipinski definition) is 3. The van der Waals surface area contributed by atoms with Gasteiger partial charge in [0.15, 0.2) is 11.6 Å². The minimum atomic E-state index is -1.12. The van der Waals surface area contributed by atoms with Gasteiger partial charge in [-0.2, -0.15) is 0 Å². The van der Waals surface area contributed by atoms with Gasteiger partial charge in [0, 0.05) is 0 Å². The predicted octanol–water partition coefficient (Wildman–Crippen LogP) is 2.57. The van der Waals surface area contributed by atoms with E-state index in [1.807, 2.05) is 6.07 Å². The molecule has 4 nitrogen and oxygen atoms in total. The summed E-state index contributed by atoms with van der Waals surface area (Å²) in [6.07, 6.45) is 0.0673. The number of rotatable bonds is 5. The van der Waals surface area contributed by atoms with E-state index in [1.54, 1.807) is 30.3 Å². The second-order valence-corrected chi connectivity index (χ2v) is 4.33. The lowest BCUT2D eigenvalue weighted by Gasteiger charge is -2.10. The van der Waals surface area contributed by atoms with Crippen molar-refractivity contribution in [2.45, 2.75) is 12.5 Å². The Kier molecular flexibility index (Phi) is 4.32. The average molecular weight is 275 g/mol. The monoisotopic (exact) mass is 275 g/mol. The molecule has 3 N–H and O–H groups in total. The first-order valence-corrected chi connectivity index (χ1v) is 6.06. The van der Waals surface area contributed by atoms with E-state index in [0.717, 1.165) is 0 Å². The predicted molar refractivity (Wildman–Crippen MR) is 72.2 cm³/mol. The summed E-state index contributed by atoms with van der Waals surface area (Å²) in [4.78, 5) is 10.7. The third-order valence-corrected chi connectivity index (χ3v) is 2.74. The summed E-state index contributed by atoms with van der Waals surface area (Å²) in [5, 5.41) is 8.72. The Hall–Kier alpha value is -2.40. The number of carboxylic acid groups (broad SMARTS) is 1. The molecule has 0 aliphatic rings. The molecule has 0 bridgehead atoms. The third kappa shape index (κ3) is 3.55. The number of ether oxygens (including phenoxy) is 1. The normalized spacial score (nSPS) is 11.9. The molecule has 2 rings (SSSR count). The first-order chi connectivity index (χ1) is 9.56. The van der Waals surface area contributed by atoms with Crippen molar-refractivity contribution in [2.24, 2.45) is 5.73 Å². The number of para-hydroxylation sites is 1. The van der Waals surface area contributed by atoms with E-state index in [2.05, 4.69) is 0 Å². The molecule has 0 radical (unpaired) electrons. The Balaban J connectivity index is 2.12. The van der Waals surface area contributed by atoms with Crippen LogP contribution in [0.15, 0.2) is 48.5 Å². The Morgan fingerprint density at radius 2 is 1.95 bits per heavy atom. The van der Waals surface area contributed by atoms with Crippen molar-refractivity contribution in [3.05, 3.63) is 59.9 Å². The molecule has 0 amide bonds. The van der Waals surface area contributed by atoms with Gasteiger partial charge >= 0.3 is 5.97 Å². The van der Waals surface area contributed by atoms with Crippen LogP contribution in [0.2, 0.25) is 0 Å². The van der Waals surface area contributed by atoms with Gasteiger partial charge in [-0.05, 0) is 36.2 Å². The molecule has 0 heterocycles. The summed E-state index contributed by atoms with van der Waals surface area (Å²) in [5.74, 6) is -1.05. The van der Waals surface area contributed by atoms with Gasteiger partial charge in [-0.1, -0.05) is 24.3 Å². The molecule has 1 unspecified atom stereocenters. The molecule has 104 valence electrons. The minimum absolute atomic E-state index is 0.0673. The Morgan fingerprint density at radius 1 is 1.25 bits per heavy atom. The second-order valence-electron chi connectivity index (χ2n) is 4.33. The van der Waals surface area contributed by atoms with Crippen LogP contribution in [-0.4, -0.2) is 17.1 Å². The highest BCUT2D eigenvalue weighted by atomic mass is 19.1. The van der Waals surface area contributed by atoms with Crippen molar-refractivity contribution in [1.29, 1.82) is 0 Å². The van der Waals surface area contributed by atoms with E-state index in [4.69, 9.17) is 15.6 Å². The van der Waals surface area contributed by atoms with Crippen LogP contribution in [0.4, 0.5) is 4.39 Å². The lowest BCUT2D eigenvalue weighted by atomic mass is 10.1. The highest BCUT2D eigenvalue weighted by molar-refractivity contribution is 5.73. The maximum atomic E-state index is 13.9. The average Bonchev–Trinajstić information content (AvgIpc) is 2.43. The molecule has 20 heavy (non-hydrogen) atoms. The maximum absolute atomic E-state index is 13.9. The molecule has 0 saturated heterocycles. The molecule has 2 aromatic rings. The van der Waals surface area contributed by atoms with Crippen LogP contribution >= 0.6 is 0 Å². The fourth-order valence-electron chi connectivity index (χ4n) is 1.71. The van der Waals surface area contributed by atoms with Crippen LogP contribution in [0.25, 0.3) is 0 Å². The number of halogens is 1. The summed E-state index contributed by atoms with van der Waals surface area (Å²) in [5.41, 5.74) is 5.92. The van der Waals surface area contributed by atoms with Gasteiger partial charge in [-0.25, -0.2) is 4.39 Å². The van der Waals surface area contributed by atoms with Gasteiger partial charge in [0.2, 0.25) is 0 Å². The number of nitrogens with two attached hydrogens (primary N) is 1. The van der Waals surface area contributed by atoms with Crippen LogP contribution < -0.4 is 10.5 Å². The Bertz CT molecular complexity index is 601. The van der Waals surface area contributed by atoms with Gasteiger partial charge in [0.05, 0.1) is 0 Å². The summed E-state index contributed by atoms with van der Waals surface area (Å²) in [7, 11) is 0. The quantitative estimate of drug-likeness (QED) is 0.879. The number of benzene rings is 2. The zero-order valence-corrected chi connectivity index (χ0v) is 10.6. The number of aliphatic carboxylic acids is 1. The van der Waals surface area contributed by atoms with Gasteiger partial charge in [-0.3, -0.25) is 4.79 Å². The highest BCUT2D eigenvalue weighted by Gasteiger charge is 2.14. The molecule has 0 spiro atoms. The number of carbonyl (C=O) groups is 1. The van der Waals surface area contributed by atoms with Crippen LogP contribution in [-0.2, 0) is 11.2 Å². The van der Waals surface area contributed by atoms with E-state index in [1.165, 1.54) is 12.1 Å². The molecule has 1 atom stereocenters. The van der Waals surface area contributed by atoms with Crippen molar-refractivity contribution in [1.82, 2.24) is 0 Å². The molecule has 0 aliphatic carbocycles. The van der Waals surface area contributed by atoms with Crippen LogP contribution in [0.1, 0.15) is 5.56 Å². The van der Waals surface area contributed by atoms with E-state index in [-0.39, 0.29) is 12.2 Å². The number of carboxylic acids is 1. The summed E-state index contributed by atoms with van der Waals surface area (Å²) < 4.78 is 19.3. The molecule has 0 saturated carbocycles. The fraction of sp³-hybridized carbons (Fsp3) is 0.133. The fourth-order valence-corrected chi connectivity index (χ4v) is 1.71. The first kappa shape index (κ1) is 14.0. The summed E-state index contributed by atoms with van der Waals surface area (Å²) in [6, 6.07) is 12.1. The molecule has 0 aliphatic heterocycles. The first-order valence-electron chi connectivity index (χ1n) is 6.06. The molecule has 2 aromatic carbocycles. The SMILES string of the molecule is NC(Cc1ccc(Oc2ccccc2)c(F)c1)C(=O)O. The zero-order chi connectivity index (χ0) is 14.5. The smallest absolute Gasteiger partial charge is 0.320 e. The van der Waals surface area contributed by atoms with E-state index >= 15 is 0 Å². The molecular formula is C15H14FNO3. The van der Waals surface area contributed by atoms with E-state index < -0.39 is 17.8 Å². The minimum Gasteiger partial charge on any atom is -0.480 e. The van der Waals surface area contributed by atoms with Crippen molar-refractivity contribution in [3.8, 4) is 11.5 Å². The Labute approximate surface area is 115 Å². The Morgan fingerprint density at radius 3 is 2.55 bits per heavy atom. The summed E-state index contributed by atoms with van der Waals surface area (Å²) >= 11 is 0. The van der Waals surface area contributed by atoms with E-state index in [0.29, 0.717) is 11.3 Å². The van der Waals surface area contributed by atoms with Crippen LogP contribution in [0.3, 0.4) is 0 Å². The van der Waals surface area contributed by atoms with Gasteiger partial charge in [0.25, 0.3) is 0 Å². The third-order valence-electron chi connectivity index (χ3n) is 2.74. The van der Waals surface area contributed by atoms with Gasteiger partial charge in [0.1, 0.15) is 11.8 Å². The van der Waals surface area contributed by atoms with Gasteiger partial charge < -0.3 is 15.6 Å². The topological polar surface area (TPSA) is 72.5 Å². The van der Waals surface area contributed by atoms with Crippen LogP contribution in [0, 0.1) is 5.82 Å². The lowest BCUT2D eigenvalue weighted by Crippen LogP contribution is -2.32. The molecule has 5 heteroatoms. The molecule has 0 aromatic heterocycles. The number of hydrogen-bond donors (Lipinski definition) is 2. The second kappa shape index (κ2) is 6.16. The maximum Gasteiger partial charge on any atom is 0.320 e. The van der Waals surface area contributed by atoms with Gasteiger partial charge in [-0.15, -0.1) is 0 Å². The zero-order valence-electron chi connectivity index (χ0n) is 10.6.